The van der Waals surface area contributed by atoms with Gasteiger partial charge in [-0.3, -0.25) is 0 Å². The fourth-order valence-electron chi connectivity index (χ4n) is 0.562. The van der Waals surface area contributed by atoms with Crippen LogP contribution in [-0.4, -0.2) is 10.7 Å². The van der Waals surface area contributed by atoms with Gasteiger partial charge in [0.1, 0.15) is 0 Å². The van der Waals surface area contributed by atoms with E-state index < -0.39 is 5.60 Å². The lowest BCUT2D eigenvalue weighted by Crippen LogP contribution is -2.33. The first-order valence-electron chi connectivity index (χ1n) is 2.27. The van der Waals surface area contributed by atoms with Crippen molar-refractivity contribution in [3.63, 3.8) is 0 Å². The molecule has 1 aliphatic rings. The quantitative estimate of drug-likeness (QED) is 0.460. The molecule has 1 aliphatic carbocycles. The fourth-order valence-corrected chi connectivity index (χ4v) is 0.562. The SMILES string of the molecule is CC1(O)[CH]CC1. The van der Waals surface area contributed by atoms with Gasteiger partial charge in [0, 0.05) is 0 Å². The van der Waals surface area contributed by atoms with Crippen LogP contribution < -0.4 is 0 Å². The molecular formula is C5H9O. The van der Waals surface area contributed by atoms with E-state index in [1.54, 1.807) is 0 Å². The predicted octanol–water partition coefficient (Wildman–Crippen LogP) is 0.735. The van der Waals surface area contributed by atoms with Crippen molar-refractivity contribution in [1.29, 1.82) is 0 Å². The minimum Gasteiger partial charge on any atom is -0.390 e. The first kappa shape index (κ1) is 4.13. The van der Waals surface area contributed by atoms with E-state index in [1.165, 1.54) is 0 Å². The Morgan fingerprint density at radius 1 is 1.83 bits per heavy atom. The van der Waals surface area contributed by atoms with Crippen LogP contribution in [0.3, 0.4) is 0 Å². The molecule has 0 aromatic carbocycles. The van der Waals surface area contributed by atoms with Gasteiger partial charge < -0.3 is 5.11 Å². The van der Waals surface area contributed by atoms with E-state index in [9.17, 15) is 0 Å². The largest absolute Gasteiger partial charge is 0.390 e. The van der Waals surface area contributed by atoms with Crippen LogP contribution in [0.25, 0.3) is 0 Å². The Morgan fingerprint density at radius 3 is 2.17 bits per heavy atom. The zero-order chi connectivity index (χ0) is 4.62. The molecule has 1 radical (unpaired) electrons. The molecule has 0 aromatic heterocycles. The van der Waals surface area contributed by atoms with Crippen molar-refractivity contribution in [1.82, 2.24) is 0 Å². The standard InChI is InChI=1S/C5H9O/c1-5(6)3-2-4-5/h3,6H,2,4H2,1H3. The van der Waals surface area contributed by atoms with Gasteiger partial charge in [-0.1, -0.05) is 0 Å². The molecule has 1 fully saturated rings. The van der Waals surface area contributed by atoms with Gasteiger partial charge in [-0.05, 0) is 26.2 Å². The highest BCUT2D eigenvalue weighted by atomic mass is 16.3. The summed E-state index contributed by atoms with van der Waals surface area (Å²) in [5, 5.41) is 8.86. The van der Waals surface area contributed by atoms with Crippen LogP contribution in [0.15, 0.2) is 0 Å². The lowest BCUT2D eigenvalue weighted by molar-refractivity contribution is 0.0399. The van der Waals surface area contributed by atoms with Crippen molar-refractivity contribution < 1.29 is 5.11 Å². The van der Waals surface area contributed by atoms with Crippen molar-refractivity contribution in [2.75, 3.05) is 0 Å². The molecule has 1 nitrogen and oxygen atoms in total. The third-order valence-corrected chi connectivity index (χ3v) is 1.23. The monoisotopic (exact) mass is 85.1 g/mol. The Hall–Kier alpha value is -0.0400. The summed E-state index contributed by atoms with van der Waals surface area (Å²) in [7, 11) is 0. The van der Waals surface area contributed by atoms with Gasteiger partial charge in [-0.2, -0.15) is 0 Å². The van der Waals surface area contributed by atoms with Gasteiger partial charge in [0.05, 0.1) is 5.60 Å². The summed E-state index contributed by atoms with van der Waals surface area (Å²) in [6.07, 6.45) is 3.97. The Balaban J connectivity index is 2.31. The van der Waals surface area contributed by atoms with Gasteiger partial charge in [0.2, 0.25) is 0 Å². The molecule has 1 heteroatoms. The normalized spacial score (nSPS) is 29.0. The highest BCUT2D eigenvalue weighted by Gasteiger charge is 2.28. The molecule has 35 valence electrons. The topological polar surface area (TPSA) is 20.2 Å². The van der Waals surface area contributed by atoms with Crippen molar-refractivity contribution in [3.8, 4) is 0 Å². The molecule has 0 saturated heterocycles. The van der Waals surface area contributed by atoms with Gasteiger partial charge in [-0.25, -0.2) is 0 Å². The number of hydrogen-bond acceptors (Lipinski definition) is 1. The molecule has 6 heavy (non-hydrogen) atoms. The minimum absolute atomic E-state index is 0.403. The van der Waals surface area contributed by atoms with E-state index in [0.29, 0.717) is 0 Å². The smallest absolute Gasteiger partial charge is 0.0651 e. The molecule has 0 amide bonds. The van der Waals surface area contributed by atoms with Crippen LogP contribution in [0.1, 0.15) is 19.8 Å². The summed E-state index contributed by atoms with van der Waals surface area (Å²) in [4.78, 5) is 0. The van der Waals surface area contributed by atoms with E-state index in [0.717, 1.165) is 12.8 Å². The molecule has 1 saturated carbocycles. The summed E-state index contributed by atoms with van der Waals surface area (Å²) in [6, 6.07) is 0. The third kappa shape index (κ3) is 0.548. The second-order valence-electron chi connectivity index (χ2n) is 2.10. The van der Waals surface area contributed by atoms with Gasteiger partial charge >= 0.3 is 0 Å². The Morgan fingerprint density at radius 2 is 2.17 bits per heavy atom. The zero-order valence-corrected chi connectivity index (χ0v) is 3.94. The second-order valence-corrected chi connectivity index (χ2v) is 2.10. The molecule has 1 rings (SSSR count). The highest BCUT2D eigenvalue weighted by molar-refractivity contribution is 4.99. The van der Waals surface area contributed by atoms with Crippen LogP contribution >= 0.6 is 0 Å². The fraction of sp³-hybridized carbons (Fsp3) is 0.800. The Labute approximate surface area is 38.0 Å². The van der Waals surface area contributed by atoms with Crippen molar-refractivity contribution in [2.45, 2.75) is 25.4 Å². The molecule has 1 atom stereocenters. The summed E-state index contributed by atoms with van der Waals surface area (Å²) in [5.74, 6) is 0. The van der Waals surface area contributed by atoms with Gasteiger partial charge in [-0.15, -0.1) is 0 Å². The van der Waals surface area contributed by atoms with E-state index in [4.69, 9.17) is 5.11 Å². The van der Waals surface area contributed by atoms with Crippen LogP contribution in [0.2, 0.25) is 0 Å². The highest BCUT2D eigenvalue weighted by Crippen LogP contribution is 2.28. The number of aliphatic hydroxyl groups is 1. The first-order chi connectivity index (χ1) is 2.71. The van der Waals surface area contributed by atoms with E-state index in [2.05, 4.69) is 0 Å². The molecule has 0 heterocycles. The van der Waals surface area contributed by atoms with E-state index >= 15 is 0 Å². The molecule has 0 aliphatic heterocycles. The van der Waals surface area contributed by atoms with E-state index in [1.807, 2.05) is 13.3 Å². The Kier molecular flexibility index (Phi) is 0.667. The molecule has 1 N–H and O–H groups in total. The van der Waals surface area contributed by atoms with Crippen LogP contribution in [0.4, 0.5) is 0 Å². The molecule has 0 aromatic rings. The van der Waals surface area contributed by atoms with Gasteiger partial charge in [0.15, 0.2) is 0 Å². The second kappa shape index (κ2) is 0.969. The first-order valence-corrected chi connectivity index (χ1v) is 2.27. The summed E-state index contributed by atoms with van der Waals surface area (Å²) < 4.78 is 0. The molecule has 0 bridgehead atoms. The molecule has 1 unspecified atom stereocenters. The maximum atomic E-state index is 8.86. The van der Waals surface area contributed by atoms with Crippen LogP contribution in [-0.2, 0) is 0 Å². The maximum Gasteiger partial charge on any atom is 0.0651 e. The van der Waals surface area contributed by atoms with E-state index in [-0.39, 0.29) is 0 Å². The lowest BCUT2D eigenvalue weighted by Gasteiger charge is -2.31. The zero-order valence-electron chi connectivity index (χ0n) is 3.94. The average Bonchev–Trinajstić information content (AvgIpc) is 1.32. The van der Waals surface area contributed by atoms with Gasteiger partial charge in [0.25, 0.3) is 0 Å². The minimum atomic E-state index is -0.403. The van der Waals surface area contributed by atoms with Crippen molar-refractivity contribution in [3.05, 3.63) is 6.42 Å². The Bertz CT molecular complexity index is 51.0. The number of rotatable bonds is 0. The predicted molar refractivity (Wildman–Crippen MR) is 24.2 cm³/mol. The molecule has 0 spiro atoms. The number of hydrogen-bond donors (Lipinski definition) is 1. The summed E-state index contributed by atoms with van der Waals surface area (Å²) >= 11 is 0. The van der Waals surface area contributed by atoms with Crippen LogP contribution in [0, 0.1) is 6.42 Å². The molecular weight excluding hydrogens is 76.1 g/mol. The lowest BCUT2D eigenvalue weighted by atomic mass is 9.82. The average molecular weight is 85.1 g/mol. The third-order valence-electron chi connectivity index (χ3n) is 1.23. The van der Waals surface area contributed by atoms with Crippen molar-refractivity contribution >= 4 is 0 Å². The maximum absolute atomic E-state index is 8.86. The van der Waals surface area contributed by atoms with Crippen molar-refractivity contribution in [2.24, 2.45) is 0 Å². The van der Waals surface area contributed by atoms with Crippen LogP contribution in [0.5, 0.6) is 0 Å². The summed E-state index contributed by atoms with van der Waals surface area (Å²) in [6.45, 7) is 1.83. The summed E-state index contributed by atoms with van der Waals surface area (Å²) in [5.41, 5.74) is -0.403.